The van der Waals surface area contributed by atoms with Gasteiger partial charge < -0.3 is 10.6 Å². The minimum Gasteiger partial charge on any atom is -0.357 e. The number of hydrogen-bond acceptors (Lipinski definition) is 6. The number of likely N-dealkylation sites (N-methyl/N-ethyl adjacent to an activating group) is 1. The second-order valence-electron chi connectivity index (χ2n) is 8.48. The number of carbonyl (C=O) groups excluding carboxylic acids is 3. The maximum absolute atomic E-state index is 13.2. The maximum atomic E-state index is 13.2. The molecule has 1 heterocycles. The third kappa shape index (κ3) is 7.98. The lowest BCUT2D eigenvalue weighted by atomic mass is 9.82. The molecule has 0 bridgehead atoms. The summed E-state index contributed by atoms with van der Waals surface area (Å²) in [6.07, 6.45) is 0.458. The first-order valence-electron chi connectivity index (χ1n) is 9.63. The Balaban J connectivity index is 3.11. The lowest BCUT2D eigenvalue weighted by molar-refractivity contribution is -0.141. The van der Waals surface area contributed by atoms with E-state index in [1.807, 2.05) is 52.1 Å². The van der Waals surface area contributed by atoms with Gasteiger partial charge in [0, 0.05) is 12.8 Å². The third-order valence-corrected chi connectivity index (χ3v) is 6.81. The Bertz CT molecular complexity index is 672. The Morgan fingerprint density at radius 1 is 1.14 bits per heavy atom. The van der Waals surface area contributed by atoms with Crippen LogP contribution in [0.4, 0.5) is 0 Å². The number of nitrogens with one attached hydrogen (secondary N) is 3. The maximum Gasteiger partial charge on any atom is 0.248 e. The molecule has 4 N–H and O–H groups in total. The van der Waals surface area contributed by atoms with Gasteiger partial charge in [0.1, 0.15) is 6.04 Å². The number of rotatable bonds is 10. The fraction of sp³-hybridized carbons (Fsp3) is 0.650. The highest BCUT2D eigenvalue weighted by atomic mass is 32.2. The minimum atomic E-state index is -0.738. The van der Waals surface area contributed by atoms with E-state index in [1.165, 1.54) is 18.8 Å². The first-order valence-corrected chi connectivity index (χ1v) is 11.5. The van der Waals surface area contributed by atoms with E-state index in [0.717, 1.165) is 4.21 Å². The van der Waals surface area contributed by atoms with Crippen molar-refractivity contribution in [3.8, 4) is 0 Å². The van der Waals surface area contributed by atoms with E-state index in [4.69, 9.17) is 0 Å². The van der Waals surface area contributed by atoms with Crippen LogP contribution in [0, 0.1) is 23.2 Å². The molecule has 164 valence electrons. The molecule has 9 heteroatoms. The van der Waals surface area contributed by atoms with Gasteiger partial charge in [-0.1, -0.05) is 40.7 Å². The lowest BCUT2D eigenvalue weighted by Gasteiger charge is -2.33. The summed E-state index contributed by atoms with van der Waals surface area (Å²) in [6.45, 7) is 9.56. The fourth-order valence-corrected chi connectivity index (χ4v) is 5.00. The van der Waals surface area contributed by atoms with E-state index in [2.05, 4.69) is 10.6 Å². The summed E-state index contributed by atoms with van der Waals surface area (Å²) >= 11 is 3.03. The molecule has 3 atom stereocenters. The molecule has 0 fully saturated rings. The predicted molar refractivity (Wildman–Crippen MR) is 117 cm³/mol. The van der Waals surface area contributed by atoms with Crippen molar-refractivity contribution in [3.05, 3.63) is 17.5 Å². The standard InChI is InChI=1S/C20H33N3O4S2/c1-12(2)10-13(17(24)22-16(19(26)21-6)20(3,4)5)14(18(25)23-27)11-29-15-8-7-9-28-15/h7-9,12-14,16,27H,10-11H2,1-6H3,(H,21,26)(H,22,24)(H,23,25)/t13-,14+,16-/m1/s1. The lowest BCUT2D eigenvalue weighted by Crippen LogP contribution is -2.55. The van der Waals surface area contributed by atoms with Gasteiger partial charge in [-0.2, -0.15) is 0 Å². The molecule has 0 aliphatic rings. The SMILES string of the molecule is CNC(=O)[C@@H](NC(=O)[C@H](CC(C)C)[C@H](CSc1cccs1)C(=O)NO)C(C)(C)C. The van der Waals surface area contributed by atoms with Crippen molar-refractivity contribution in [1.82, 2.24) is 16.1 Å². The van der Waals surface area contributed by atoms with Crippen LogP contribution in [0.25, 0.3) is 0 Å². The van der Waals surface area contributed by atoms with E-state index in [-0.39, 0.29) is 17.7 Å². The molecule has 0 saturated heterocycles. The molecule has 1 aromatic heterocycles. The van der Waals surface area contributed by atoms with Crippen molar-refractivity contribution in [1.29, 1.82) is 0 Å². The summed E-state index contributed by atoms with van der Waals surface area (Å²) in [6, 6.07) is 3.13. The Morgan fingerprint density at radius 3 is 2.24 bits per heavy atom. The van der Waals surface area contributed by atoms with Crippen LogP contribution in [0.1, 0.15) is 41.0 Å². The molecule has 0 aliphatic heterocycles. The van der Waals surface area contributed by atoms with Crippen LogP contribution in [0.5, 0.6) is 0 Å². The highest BCUT2D eigenvalue weighted by Gasteiger charge is 2.38. The Labute approximate surface area is 181 Å². The molecule has 0 aliphatic carbocycles. The van der Waals surface area contributed by atoms with Gasteiger partial charge in [-0.15, -0.1) is 23.1 Å². The predicted octanol–water partition coefficient (Wildman–Crippen LogP) is 2.90. The van der Waals surface area contributed by atoms with Crippen LogP contribution >= 0.6 is 23.1 Å². The summed E-state index contributed by atoms with van der Waals surface area (Å²) in [4.78, 5) is 38.0. The smallest absolute Gasteiger partial charge is 0.248 e. The minimum absolute atomic E-state index is 0.152. The zero-order chi connectivity index (χ0) is 22.2. The molecule has 1 aromatic rings. The topological polar surface area (TPSA) is 108 Å². The van der Waals surface area contributed by atoms with Crippen LogP contribution < -0.4 is 16.1 Å². The number of amides is 3. The van der Waals surface area contributed by atoms with E-state index in [9.17, 15) is 19.6 Å². The van der Waals surface area contributed by atoms with E-state index in [1.54, 1.807) is 16.8 Å². The highest BCUT2D eigenvalue weighted by Crippen LogP contribution is 2.31. The molecule has 0 spiro atoms. The van der Waals surface area contributed by atoms with Crippen LogP contribution in [-0.2, 0) is 14.4 Å². The molecule has 0 aromatic carbocycles. The second-order valence-corrected chi connectivity index (χ2v) is 10.8. The summed E-state index contributed by atoms with van der Waals surface area (Å²) in [5.74, 6) is -2.16. The van der Waals surface area contributed by atoms with Gasteiger partial charge in [0.15, 0.2) is 0 Å². The number of thiophene rings is 1. The summed E-state index contributed by atoms with van der Waals surface area (Å²) in [5.41, 5.74) is 1.21. The molecule has 0 unspecified atom stereocenters. The van der Waals surface area contributed by atoms with Crippen molar-refractivity contribution in [2.24, 2.45) is 23.2 Å². The number of hydrogen-bond donors (Lipinski definition) is 4. The van der Waals surface area contributed by atoms with Gasteiger partial charge in [0.2, 0.25) is 17.7 Å². The largest absolute Gasteiger partial charge is 0.357 e. The normalized spacial score (nSPS) is 14.8. The van der Waals surface area contributed by atoms with E-state index >= 15 is 0 Å². The molecule has 0 radical (unpaired) electrons. The van der Waals surface area contributed by atoms with Crippen molar-refractivity contribution in [3.63, 3.8) is 0 Å². The second kappa shape index (κ2) is 11.6. The molecule has 29 heavy (non-hydrogen) atoms. The molecule has 3 amide bonds. The van der Waals surface area contributed by atoms with Crippen LogP contribution in [0.15, 0.2) is 21.7 Å². The quantitative estimate of drug-likeness (QED) is 0.253. The molecule has 7 nitrogen and oxygen atoms in total. The van der Waals surface area contributed by atoms with Crippen molar-refractivity contribution in [2.75, 3.05) is 12.8 Å². The Hall–Kier alpha value is -1.58. The van der Waals surface area contributed by atoms with Gasteiger partial charge in [-0.3, -0.25) is 19.6 Å². The Morgan fingerprint density at radius 2 is 1.79 bits per heavy atom. The molecule has 0 saturated carbocycles. The summed E-state index contributed by atoms with van der Waals surface area (Å²) in [5, 5.41) is 16.6. The fourth-order valence-electron chi connectivity index (χ4n) is 3.01. The zero-order valence-corrected chi connectivity index (χ0v) is 19.6. The van der Waals surface area contributed by atoms with Crippen LogP contribution in [0.2, 0.25) is 0 Å². The number of thioether (sulfide) groups is 1. The molecule has 1 rings (SSSR count). The molecular weight excluding hydrogens is 410 g/mol. The Kier molecular flexibility index (Phi) is 10.2. The average molecular weight is 444 g/mol. The first-order chi connectivity index (χ1) is 13.5. The van der Waals surface area contributed by atoms with E-state index < -0.39 is 29.2 Å². The van der Waals surface area contributed by atoms with Crippen LogP contribution in [0.3, 0.4) is 0 Å². The summed E-state index contributed by atoms with van der Waals surface area (Å²) < 4.78 is 1.03. The van der Waals surface area contributed by atoms with Gasteiger partial charge in [0.25, 0.3) is 0 Å². The van der Waals surface area contributed by atoms with Gasteiger partial charge >= 0.3 is 0 Å². The van der Waals surface area contributed by atoms with Gasteiger partial charge in [-0.05, 0) is 29.2 Å². The number of hydroxylamine groups is 1. The van der Waals surface area contributed by atoms with Crippen molar-refractivity contribution < 1.29 is 19.6 Å². The van der Waals surface area contributed by atoms with Crippen LogP contribution in [-0.4, -0.2) is 41.8 Å². The average Bonchev–Trinajstić information content (AvgIpc) is 3.16. The first kappa shape index (κ1) is 25.5. The summed E-state index contributed by atoms with van der Waals surface area (Å²) in [7, 11) is 1.53. The van der Waals surface area contributed by atoms with Crippen molar-refractivity contribution in [2.45, 2.75) is 51.3 Å². The number of carbonyl (C=O) groups is 3. The third-order valence-electron chi connectivity index (χ3n) is 4.56. The van der Waals surface area contributed by atoms with Gasteiger partial charge in [-0.25, -0.2) is 5.48 Å². The monoisotopic (exact) mass is 443 g/mol. The zero-order valence-electron chi connectivity index (χ0n) is 17.9. The van der Waals surface area contributed by atoms with Crippen molar-refractivity contribution >= 4 is 40.8 Å². The van der Waals surface area contributed by atoms with Gasteiger partial charge in [0.05, 0.1) is 16.0 Å². The molecular formula is C20H33N3O4S2. The van der Waals surface area contributed by atoms with E-state index in [0.29, 0.717) is 12.2 Å². The highest BCUT2D eigenvalue weighted by molar-refractivity contribution is 8.01.